The van der Waals surface area contributed by atoms with Crippen molar-refractivity contribution in [2.75, 3.05) is 13.1 Å². The lowest BCUT2D eigenvalue weighted by molar-refractivity contribution is -0.139. The number of rotatable bonds is 4. The van der Waals surface area contributed by atoms with Gasteiger partial charge in [-0.3, -0.25) is 9.59 Å². The van der Waals surface area contributed by atoms with Gasteiger partial charge in [0, 0.05) is 19.5 Å². The molecule has 0 unspecified atom stereocenters. The summed E-state index contributed by atoms with van der Waals surface area (Å²) in [5.74, 6) is 0.620. The van der Waals surface area contributed by atoms with E-state index >= 15 is 0 Å². The first kappa shape index (κ1) is 16.3. The summed E-state index contributed by atoms with van der Waals surface area (Å²) in [5, 5.41) is 2.98. The summed E-state index contributed by atoms with van der Waals surface area (Å²) in [6.45, 7) is 14.4. The van der Waals surface area contributed by atoms with Crippen molar-refractivity contribution in [1.82, 2.24) is 10.2 Å². The molecular formula is C17H30N2O2. The standard InChI is InChI=1S/C17H30N2O2/c1-7-17(8-2)14(21)19(10-9-13(20)18-17)11-12-15(3,4)16(12,5)6/h12H,7-11H2,1-6H3,(H,18,20). The zero-order chi connectivity index (χ0) is 16.1. The van der Waals surface area contributed by atoms with Crippen molar-refractivity contribution in [3.05, 3.63) is 0 Å². The van der Waals surface area contributed by atoms with Crippen molar-refractivity contribution >= 4 is 11.8 Å². The van der Waals surface area contributed by atoms with Crippen LogP contribution in [0.2, 0.25) is 0 Å². The summed E-state index contributed by atoms with van der Waals surface area (Å²) in [7, 11) is 0. The van der Waals surface area contributed by atoms with Gasteiger partial charge in [-0.25, -0.2) is 0 Å². The van der Waals surface area contributed by atoms with Gasteiger partial charge < -0.3 is 10.2 Å². The second kappa shape index (κ2) is 4.99. The van der Waals surface area contributed by atoms with Crippen LogP contribution in [0, 0.1) is 16.7 Å². The van der Waals surface area contributed by atoms with Gasteiger partial charge >= 0.3 is 0 Å². The molecule has 0 aromatic carbocycles. The van der Waals surface area contributed by atoms with Gasteiger partial charge in [0.15, 0.2) is 0 Å². The number of nitrogens with one attached hydrogen (secondary N) is 1. The molecule has 1 aliphatic heterocycles. The van der Waals surface area contributed by atoms with Crippen LogP contribution in [0.5, 0.6) is 0 Å². The van der Waals surface area contributed by atoms with E-state index in [0.717, 1.165) is 6.54 Å². The molecule has 0 aromatic heterocycles. The molecule has 1 N–H and O–H groups in total. The molecule has 1 saturated carbocycles. The molecule has 1 aliphatic carbocycles. The Hall–Kier alpha value is -1.06. The van der Waals surface area contributed by atoms with Crippen molar-refractivity contribution in [2.24, 2.45) is 16.7 Å². The fourth-order valence-electron chi connectivity index (χ4n) is 3.94. The van der Waals surface area contributed by atoms with Crippen LogP contribution in [0.3, 0.4) is 0 Å². The van der Waals surface area contributed by atoms with Crippen LogP contribution < -0.4 is 5.32 Å². The largest absolute Gasteiger partial charge is 0.342 e. The van der Waals surface area contributed by atoms with Crippen LogP contribution in [0.1, 0.15) is 60.8 Å². The summed E-state index contributed by atoms with van der Waals surface area (Å²) in [5.41, 5.74) is -0.174. The molecule has 4 nitrogen and oxygen atoms in total. The fourth-order valence-corrected chi connectivity index (χ4v) is 3.94. The van der Waals surface area contributed by atoms with Gasteiger partial charge in [-0.05, 0) is 29.6 Å². The molecule has 0 spiro atoms. The fraction of sp³-hybridized carbons (Fsp3) is 0.882. The maximum Gasteiger partial charge on any atom is 0.248 e. The van der Waals surface area contributed by atoms with Crippen LogP contribution in [-0.4, -0.2) is 35.3 Å². The first-order valence-electron chi connectivity index (χ1n) is 8.22. The minimum absolute atomic E-state index is 0.00358. The van der Waals surface area contributed by atoms with Crippen LogP contribution in [0.4, 0.5) is 0 Å². The van der Waals surface area contributed by atoms with Gasteiger partial charge in [0.25, 0.3) is 0 Å². The molecule has 2 amide bonds. The highest BCUT2D eigenvalue weighted by Crippen LogP contribution is 2.68. The third-order valence-corrected chi connectivity index (χ3v) is 6.61. The predicted octanol–water partition coefficient (Wildman–Crippen LogP) is 2.58. The summed E-state index contributed by atoms with van der Waals surface area (Å²) >= 11 is 0. The second-order valence-electron chi connectivity index (χ2n) is 7.83. The Morgan fingerprint density at radius 3 is 2.05 bits per heavy atom. The Labute approximate surface area is 128 Å². The molecule has 2 fully saturated rings. The monoisotopic (exact) mass is 294 g/mol. The first-order chi connectivity index (χ1) is 9.62. The van der Waals surface area contributed by atoms with Crippen LogP contribution >= 0.6 is 0 Å². The second-order valence-corrected chi connectivity index (χ2v) is 7.83. The number of carbonyl (C=O) groups is 2. The number of amides is 2. The molecule has 0 bridgehead atoms. The van der Waals surface area contributed by atoms with Crippen molar-refractivity contribution in [3.8, 4) is 0 Å². The predicted molar refractivity (Wildman–Crippen MR) is 83.7 cm³/mol. The van der Waals surface area contributed by atoms with Gasteiger partial charge in [-0.15, -0.1) is 0 Å². The molecule has 1 saturated heterocycles. The van der Waals surface area contributed by atoms with Gasteiger partial charge in [0.1, 0.15) is 5.54 Å². The van der Waals surface area contributed by atoms with E-state index < -0.39 is 5.54 Å². The van der Waals surface area contributed by atoms with Gasteiger partial charge in [-0.1, -0.05) is 41.5 Å². The molecule has 21 heavy (non-hydrogen) atoms. The molecule has 4 heteroatoms. The summed E-state index contributed by atoms with van der Waals surface area (Å²) in [6, 6.07) is 0. The highest BCUT2D eigenvalue weighted by atomic mass is 16.2. The maximum absolute atomic E-state index is 13.0. The summed E-state index contributed by atoms with van der Waals surface area (Å²) in [6.07, 6.45) is 1.73. The Bertz CT molecular complexity index is 436. The average Bonchev–Trinajstić information content (AvgIpc) is 2.86. The quantitative estimate of drug-likeness (QED) is 0.866. The minimum Gasteiger partial charge on any atom is -0.342 e. The molecule has 1 heterocycles. The first-order valence-corrected chi connectivity index (χ1v) is 8.22. The van der Waals surface area contributed by atoms with Crippen LogP contribution in [0.25, 0.3) is 0 Å². The number of hydrogen-bond acceptors (Lipinski definition) is 2. The normalized spacial score (nSPS) is 27.2. The van der Waals surface area contributed by atoms with Gasteiger partial charge in [0.05, 0.1) is 0 Å². The van der Waals surface area contributed by atoms with Crippen LogP contribution in [0.15, 0.2) is 0 Å². The molecule has 120 valence electrons. The van der Waals surface area contributed by atoms with Crippen molar-refractivity contribution in [2.45, 2.75) is 66.3 Å². The average molecular weight is 294 g/mol. The summed E-state index contributed by atoms with van der Waals surface area (Å²) in [4.78, 5) is 26.9. The highest BCUT2D eigenvalue weighted by Gasteiger charge is 2.65. The van der Waals surface area contributed by atoms with Gasteiger partial charge in [0.2, 0.25) is 11.8 Å². The zero-order valence-electron chi connectivity index (χ0n) is 14.4. The van der Waals surface area contributed by atoms with Crippen molar-refractivity contribution in [3.63, 3.8) is 0 Å². The Morgan fingerprint density at radius 1 is 1.10 bits per heavy atom. The molecule has 2 aliphatic rings. The summed E-state index contributed by atoms with van der Waals surface area (Å²) < 4.78 is 0. The lowest BCUT2D eigenvalue weighted by Gasteiger charge is -2.34. The third kappa shape index (κ3) is 2.36. The molecule has 0 atom stereocenters. The molecule has 0 radical (unpaired) electrons. The van der Waals surface area contributed by atoms with Gasteiger partial charge in [-0.2, -0.15) is 0 Å². The Balaban J connectivity index is 2.20. The Kier molecular flexibility index (Phi) is 3.88. The van der Waals surface area contributed by atoms with E-state index in [1.54, 1.807) is 0 Å². The minimum atomic E-state index is -0.698. The van der Waals surface area contributed by atoms with E-state index in [1.165, 1.54) is 0 Å². The number of hydrogen-bond donors (Lipinski definition) is 1. The third-order valence-electron chi connectivity index (χ3n) is 6.61. The SMILES string of the molecule is CCC1(CC)NC(=O)CCN(CC2C(C)(C)C2(C)C)C1=O. The smallest absolute Gasteiger partial charge is 0.248 e. The van der Waals surface area contributed by atoms with E-state index in [-0.39, 0.29) is 22.6 Å². The van der Waals surface area contributed by atoms with E-state index in [2.05, 4.69) is 33.0 Å². The molecule has 2 rings (SSSR count). The van der Waals surface area contributed by atoms with E-state index in [0.29, 0.717) is 31.7 Å². The van der Waals surface area contributed by atoms with E-state index in [4.69, 9.17) is 0 Å². The topological polar surface area (TPSA) is 49.4 Å². The highest BCUT2D eigenvalue weighted by molar-refractivity contribution is 5.93. The lowest BCUT2D eigenvalue weighted by atomic mass is 9.91. The lowest BCUT2D eigenvalue weighted by Crippen LogP contribution is -2.56. The van der Waals surface area contributed by atoms with Crippen LogP contribution in [-0.2, 0) is 9.59 Å². The maximum atomic E-state index is 13.0. The van der Waals surface area contributed by atoms with E-state index in [9.17, 15) is 9.59 Å². The molecule has 0 aromatic rings. The van der Waals surface area contributed by atoms with E-state index in [1.807, 2.05) is 18.7 Å². The zero-order valence-corrected chi connectivity index (χ0v) is 14.4. The van der Waals surface area contributed by atoms with Crippen molar-refractivity contribution < 1.29 is 9.59 Å². The molecular weight excluding hydrogens is 264 g/mol. The number of nitrogens with zero attached hydrogens (tertiary/aromatic N) is 1. The van der Waals surface area contributed by atoms with Crippen molar-refractivity contribution in [1.29, 1.82) is 0 Å². The number of carbonyl (C=O) groups excluding carboxylic acids is 2. The Morgan fingerprint density at radius 2 is 1.62 bits per heavy atom.